The van der Waals surface area contributed by atoms with Crippen molar-refractivity contribution in [1.29, 1.82) is 0 Å². The van der Waals surface area contributed by atoms with E-state index in [0.29, 0.717) is 0 Å². The van der Waals surface area contributed by atoms with Gasteiger partial charge in [-0.2, -0.15) is 0 Å². The lowest BCUT2D eigenvalue weighted by Gasteiger charge is -2.10. The van der Waals surface area contributed by atoms with Crippen LogP contribution in [0.15, 0.2) is 6.07 Å². The third kappa shape index (κ3) is 6.90. The number of nitrogens with two attached hydrogens (primary N) is 2. The molecule has 1 rings (SSSR count). The maximum absolute atomic E-state index is 10.9. The predicted molar refractivity (Wildman–Crippen MR) is 83.4 cm³/mol. The number of rotatable bonds is 2. The summed E-state index contributed by atoms with van der Waals surface area (Å²) in [6, 6.07) is 1.42. The lowest BCUT2D eigenvalue weighted by atomic mass is 10.3. The van der Waals surface area contributed by atoms with Gasteiger partial charge in [-0.15, -0.1) is 37.2 Å². The van der Waals surface area contributed by atoms with Gasteiger partial charge in [0.05, 0.1) is 11.4 Å². The van der Waals surface area contributed by atoms with Crippen LogP contribution in [0, 0.1) is 0 Å². The third-order valence-electron chi connectivity index (χ3n) is 1.67. The first-order valence-corrected chi connectivity index (χ1v) is 4.51. The zero-order chi connectivity index (χ0) is 12.3. The highest BCUT2D eigenvalue weighted by Crippen LogP contribution is 2.25. The van der Waals surface area contributed by atoms with Crippen LogP contribution in [-0.4, -0.2) is 16.8 Å². The highest BCUT2D eigenvalue weighted by molar-refractivity contribution is 5.95. The van der Waals surface area contributed by atoms with Gasteiger partial charge < -0.3 is 22.1 Å². The number of nitrogens with zero attached hydrogens (tertiary/aromatic N) is 1. The Kier molecular flexibility index (Phi) is 11.3. The SMILES string of the molecule is CC(=O)Nc1nc(NC(C)=O)c(N)cc1N.Cl.Cl.Cl. The molecule has 10 heteroatoms. The highest BCUT2D eigenvalue weighted by Gasteiger charge is 2.09. The largest absolute Gasteiger partial charge is 0.396 e. The van der Waals surface area contributed by atoms with Crippen molar-refractivity contribution in [1.82, 2.24) is 4.98 Å². The maximum atomic E-state index is 10.9. The summed E-state index contributed by atoms with van der Waals surface area (Å²) in [5.41, 5.74) is 11.7. The van der Waals surface area contributed by atoms with E-state index < -0.39 is 0 Å². The molecule has 0 bridgehead atoms. The van der Waals surface area contributed by atoms with Gasteiger partial charge in [-0.05, 0) is 6.07 Å². The van der Waals surface area contributed by atoms with Gasteiger partial charge >= 0.3 is 0 Å². The summed E-state index contributed by atoms with van der Waals surface area (Å²) in [6.45, 7) is 2.66. The first-order valence-electron chi connectivity index (χ1n) is 4.51. The van der Waals surface area contributed by atoms with Crippen molar-refractivity contribution in [3.05, 3.63) is 6.07 Å². The molecule has 0 saturated heterocycles. The molecular weight excluding hydrogens is 316 g/mol. The van der Waals surface area contributed by atoms with Crippen LogP contribution < -0.4 is 22.1 Å². The molecule has 0 aliphatic heterocycles. The standard InChI is InChI=1S/C9H13N5O2.3ClH/c1-4(15)12-8-6(10)3-7(11)9(14-8)13-5(2)16;;;/h3H,10-11H2,1-2H3,(H2,12,13,14,15,16);3*1H. The third-order valence-corrected chi connectivity index (χ3v) is 1.67. The molecular formula is C9H16Cl3N5O2. The molecule has 0 saturated carbocycles. The minimum atomic E-state index is -0.308. The van der Waals surface area contributed by atoms with Crippen LogP contribution in [-0.2, 0) is 9.59 Å². The molecule has 0 aliphatic rings. The van der Waals surface area contributed by atoms with E-state index in [2.05, 4.69) is 15.6 Å². The molecule has 0 aliphatic carbocycles. The summed E-state index contributed by atoms with van der Waals surface area (Å²) < 4.78 is 0. The smallest absolute Gasteiger partial charge is 0.222 e. The highest BCUT2D eigenvalue weighted by atomic mass is 35.5. The Labute approximate surface area is 129 Å². The number of nitrogen functional groups attached to an aromatic ring is 2. The van der Waals surface area contributed by atoms with Gasteiger partial charge in [0.2, 0.25) is 11.8 Å². The zero-order valence-electron chi connectivity index (χ0n) is 10.2. The van der Waals surface area contributed by atoms with Crippen molar-refractivity contribution in [2.75, 3.05) is 22.1 Å². The first kappa shape index (κ1) is 22.7. The van der Waals surface area contributed by atoms with E-state index in [4.69, 9.17) is 11.5 Å². The van der Waals surface area contributed by atoms with Gasteiger partial charge in [-0.25, -0.2) is 4.98 Å². The lowest BCUT2D eigenvalue weighted by Crippen LogP contribution is -2.14. The number of carbonyl (C=O) groups excluding carboxylic acids is 2. The van der Waals surface area contributed by atoms with Crippen LogP contribution in [0.4, 0.5) is 23.0 Å². The van der Waals surface area contributed by atoms with E-state index in [1.54, 1.807) is 0 Å². The van der Waals surface area contributed by atoms with Crippen LogP contribution >= 0.6 is 37.2 Å². The van der Waals surface area contributed by atoms with Gasteiger partial charge in [0.1, 0.15) is 0 Å². The second-order valence-electron chi connectivity index (χ2n) is 3.23. The Bertz CT molecular complexity index is 418. The Morgan fingerprint density at radius 1 is 0.947 bits per heavy atom. The number of hydrogen-bond acceptors (Lipinski definition) is 5. The van der Waals surface area contributed by atoms with Crippen LogP contribution in [0.2, 0.25) is 0 Å². The number of hydrogen-bond donors (Lipinski definition) is 4. The summed E-state index contributed by atoms with van der Waals surface area (Å²) in [6.07, 6.45) is 0. The average molecular weight is 333 g/mol. The van der Waals surface area contributed by atoms with Crippen LogP contribution in [0.5, 0.6) is 0 Å². The molecule has 7 nitrogen and oxygen atoms in total. The molecule has 0 fully saturated rings. The van der Waals surface area contributed by atoms with Crippen LogP contribution in [0.3, 0.4) is 0 Å². The molecule has 19 heavy (non-hydrogen) atoms. The van der Waals surface area contributed by atoms with Crippen molar-refractivity contribution < 1.29 is 9.59 Å². The summed E-state index contributed by atoms with van der Waals surface area (Å²) in [5, 5.41) is 4.86. The number of anilines is 4. The molecule has 1 heterocycles. The lowest BCUT2D eigenvalue weighted by molar-refractivity contribution is -0.115. The number of amides is 2. The predicted octanol–water partition coefficient (Wildman–Crippen LogP) is 1.43. The molecule has 1 aromatic heterocycles. The minimum Gasteiger partial charge on any atom is -0.396 e. The molecule has 0 radical (unpaired) electrons. The Hall–Kier alpha value is -1.44. The zero-order valence-corrected chi connectivity index (χ0v) is 12.7. The van der Waals surface area contributed by atoms with Crippen molar-refractivity contribution in [2.24, 2.45) is 0 Å². The van der Waals surface area contributed by atoms with E-state index in [0.717, 1.165) is 0 Å². The molecule has 0 spiro atoms. The molecule has 0 unspecified atom stereocenters. The van der Waals surface area contributed by atoms with Gasteiger partial charge in [0.25, 0.3) is 0 Å². The number of nitrogens with one attached hydrogen (secondary N) is 2. The summed E-state index contributed by atoms with van der Waals surface area (Å²) in [7, 11) is 0. The molecule has 0 atom stereocenters. The maximum Gasteiger partial charge on any atom is 0.222 e. The van der Waals surface area contributed by atoms with Crippen molar-refractivity contribution in [3.63, 3.8) is 0 Å². The van der Waals surface area contributed by atoms with E-state index >= 15 is 0 Å². The normalized spacial score (nSPS) is 8.11. The first-order chi connectivity index (χ1) is 7.40. The Morgan fingerprint density at radius 2 is 1.26 bits per heavy atom. The van der Waals surface area contributed by atoms with E-state index in [1.165, 1.54) is 19.9 Å². The van der Waals surface area contributed by atoms with Crippen LogP contribution in [0.1, 0.15) is 13.8 Å². The fourth-order valence-corrected chi connectivity index (χ4v) is 1.08. The Morgan fingerprint density at radius 3 is 1.53 bits per heavy atom. The monoisotopic (exact) mass is 331 g/mol. The summed E-state index contributed by atoms with van der Waals surface area (Å²) >= 11 is 0. The number of pyridine rings is 1. The molecule has 1 aromatic rings. The van der Waals surface area contributed by atoms with E-state index in [1.807, 2.05) is 0 Å². The van der Waals surface area contributed by atoms with Gasteiger partial charge in [-0.1, -0.05) is 0 Å². The van der Waals surface area contributed by atoms with Gasteiger partial charge in [0, 0.05) is 13.8 Å². The number of aromatic nitrogens is 1. The van der Waals surface area contributed by atoms with Crippen molar-refractivity contribution in [2.45, 2.75) is 13.8 Å². The minimum absolute atomic E-state index is 0. The molecule has 0 aromatic carbocycles. The van der Waals surface area contributed by atoms with Gasteiger partial charge in [0.15, 0.2) is 11.6 Å². The fourth-order valence-electron chi connectivity index (χ4n) is 1.08. The second-order valence-corrected chi connectivity index (χ2v) is 3.23. The topological polar surface area (TPSA) is 123 Å². The fraction of sp³-hybridized carbons (Fsp3) is 0.222. The number of carbonyl (C=O) groups is 2. The number of halogens is 3. The summed E-state index contributed by atoms with van der Waals surface area (Å²) in [5.74, 6) is -0.272. The quantitative estimate of drug-likeness (QED) is 0.652. The molecule has 110 valence electrons. The van der Waals surface area contributed by atoms with Crippen molar-refractivity contribution in [3.8, 4) is 0 Å². The molecule has 2 amide bonds. The van der Waals surface area contributed by atoms with E-state index in [-0.39, 0.29) is 72.0 Å². The van der Waals surface area contributed by atoms with Crippen molar-refractivity contribution >= 4 is 72.0 Å². The summed E-state index contributed by atoms with van der Waals surface area (Å²) in [4.78, 5) is 25.7. The van der Waals surface area contributed by atoms with Gasteiger partial charge in [-0.3, -0.25) is 9.59 Å². The second kappa shape index (κ2) is 9.48. The van der Waals surface area contributed by atoms with Crippen LogP contribution in [0.25, 0.3) is 0 Å². The Balaban J connectivity index is -0.000000853. The molecule has 6 N–H and O–H groups in total. The average Bonchev–Trinajstić information content (AvgIpc) is 2.11. The van der Waals surface area contributed by atoms with E-state index in [9.17, 15) is 9.59 Å².